The minimum Gasteiger partial charge on any atom is -0.297 e. The molecular formula is C18H10O2S2. The highest BCUT2D eigenvalue weighted by Crippen LogP contribution is 2.45. The molecule has 0 aliphatic heterocycles. The largest absolute Gasteiger partial charge is 0.297 e. The molecule has 0 amide bonds. The quantitative estimate of drug-likeness (QED) is 0.473. The first kappa shape index (κ1) is 13.4. The van der Waals surface area contributed by atoms with Gasteiger partial charge in [0.05, 0.1) is 19.5 Å². The standard InChI is InChI=1S/C18H10O2S2/c19-9-15-11-5-1-3-7-13(11)17(21-15)18-14-8-4-2-6-12(14)16(10-20)22-18/h1-10H. The molecule has 0 saturated heterocycles. The topological polar surface area (TPSA) is 34.1 Å². The van der Waals surface area contributed by atoms with Crippen LogP contribution in [0.4, 0.5) is 0 Å². The summed E-state index contributed by atoms with van der Waals surface area (Å²) in [5.41, 5.74) is 0. The van der Waals surface area contributed by atoms with Crippen LogP contribution in [0.2, 0.25) is 0 Å². The number of carbonyl (C=O) groups is 2. The smallest absolute Gasteiger partial charge is 0.160 e. The van der Waals surface area contributed by atoms with Gasteiger partial charge in [0.2, 0.25) is 0 Å². The number of hydrogen-bond acceptors (Lipinski definition) is 4. The lowest BCUT2D eigenvalue weighted by Crippen LogP contribution is -1.72. The maximum atomic E-state index is 11.3. The van der Waals surface area contributed by atoms with E-state index in [1.165, 1.54) is 22.7 Å². The Kier molecular flexibility index (Phi) is 3.13. The van der Waals surface area contributed by atoms with Crippen LogP contribution in [0.15, 0.2) is 48.5 Å². The van der Waals surface area contributed by atoms with E-state index in [4.69, 9.17) is 0 Å². The predicted octanol–water partition coefficient (Wildman–Crippen LogP) is 5.41. The summed E-state index contributed by atoms with van der Waals surface area (Å²) in [6.45, 7) is 0. The summed E-state index contributed by atoms with van der Waals surface area (Å²) in [6, 6.07) is 15.8. The molecule has 0 unspecified atom stereocenters. The van der Waals surface area contributed by atoms with Crippen LogP contribution in [0.5, 0.6) is 0 Å². The summed E-state index contributed by atoms with van der Waals surface area (Å²) in [7, 11) is 0. The van der Waals surface area contributed by atoms with E-state index in [9.17, 15) is 9.59 Å². The first-order valence-electron chi connectivity index (χ1n) is 6.77. The van der Waals surface area contributed by atoms with E-state index in [2.05, 4.69) is 0 Å². The van der Waals surface area contributed by atoms with Crippen molar-refractivity contribution < 1.29 is 9.59 Å². The summed E-state index contributed by atoms with van der Waals surface area (Å²) in [6.07, 6.45) is 1.82. The first-order chi connectivity index (χ1) is 10.8. The third-order valence-corrected chi connectivity index (χ3v) is 6.18. The molecule has 2 nitrogen and oxygen atoms in total. The number of aldehydes is 2. The molecule has 22 heavy (non-hydrogen) atoms. The van der Waals surface area contributed by atoms with Crippen molar-refractivity contribution in [3.63, 3.8) is 0 Å². The summed E-state index contributed by atoms with van der Waals surface area (Å²) in [5.74, 6) is 0. The summed E-state index contributed by atoms with van der Waals surface area (Å²) >= 11 is 2.98. The third-order valence-electron chi connectivity index (χ3n) is 3.72. The fourth-order valence-corrected chi connectivity index (χ4v) is 5.09. The van der Waals surface area contributed by atoms with Gasteiger partial charge >= 0.3 is 0 Å². The Morgan fingerprint density at radius 1 is 0.591 bits per heavy atom. The SMILES string of the molecule is O=Cc1sc(-c2sc(C=O)c3ccccc23)c2ccccc12. The molecule has 0 saturated carbocycles. The van der Waals surface area contributed by atoms with E-state index in [1.807, 2.05) is 48.5 Å². The van der Waals surface area contributed by atoms with Crippen LogP contribution in [0, 0.1) is 0 Å². The van der Waals surface area contributed by atoms with Crippen LogP contribution in [0.1, 0.15) is 19.3 Å². The van der Waals surface area contributed by atoms with E-state index < -0.39 is 0 Å². The van der Waals surface area contributed by atoms with Crippen molar-refractivity contribution in [2.75, 3.05) is 0 Å². The molecule has 4 aromatic rings. The molecule has 0 radical (unpaired) electrons. The van der Waals surface area contributed by atoms with Gasteiger partial charge in [-0.05, 0) is 0 Å². The lowest BCUT2D eigenvalue weighted by Gasteiger charge is -1.97. The van der Waals surface area contributed by atoms with E-state index in [0.29, 0.717) is 0 Å². The lowest BCUT2D eigenvalue weighted by atomic mass is 10.1. The molecule has 0 N–H and O–H groups in total. The summed E-state index contributed by atoms with van der Waals surface area (Å²) in [4.78, 5) is 26.3. The van der Waals surface area contributed by atoms with Crippen LogP contribution in [0.3, 0.4) is 0 Å². The van der Waals surface area contributed by atoms with Crippen molar-refractivity contribution in [2.24, 2.45) is 0 Å². The van der Waals surface area contributed by atoms with Crippen molar-refractivity contribution in [1.29, 1.82) is 0 Å². The zero-order chi connectivity index (χ0) is 15.1. The van der Waals surface area contributed by atoms with Gasteiger partial charge in [-0.25, -0.2) is 0 Å². The molecule has 0 aliphatic carbocycles. The zero-order valence-corrected chi connectivity index (χ0v) is 13.0. The Morgan fingerprint density at radius 2 is 0.955 bits per heavy atom. The molecule has 2 heterocycles. The monoisotopic (exact) mass is 322 g/mol. The molecule has 0 aliphatic rings. The van der Waals surface area contributed by atoms with Gasteiger partial charge in [-0.3, -0.25) is 9.59 Å². The number of hydrogen-bond donors (Lipinski definition) is 0. The van der Waals surface area contributed by atoms with Crippen molar-refractivity contribution >= 4 is 56.8 Å². The highest BCUT2D eigenvalue weighted by atomic mass is 32.1. The molecule has 0 atom stereocenters. The average Bonchev–Trinajstić information content (AvgIpc) is 3.13. The number of benzene rings is 2. The molecular weight excluding hydrogens is 312 g/mol. The van der Waals surface area contributed by atoms with E-state index in [-0.39, 0.29) is 0 Å². The van der Waals surface area contributed by atoms with E-state index in [0.717, 1.165) is 53.6 Å². The molecule has 106 valence electrons. The average molecular weight is 322 g/mol. The Hall–Kier alpha value is -2.30. The van der Waals surface area contributed by atoms with Gasteiger partial charge in [-0.1, -0.05) is 48.5 Å². The van der Waals surface area contributed by atoms with Crippen LogP contribution >= 0.6 is 22.7 Å². The van der Waals surface area contributed by atoms with E-state index >= 15 is 0 Å². The summed E-state index contributed by atoms with van der Waals surface area (Å²) in [5, 5.41) is 4.09. The number of fused-ring (bicyclic) bond motifs is 2. The lowest BCUT2D eigenvalue weighted by molar-refractivity contribution is 0.112. The number of carbonyl (C=O) groups excluding carboxylic acids is 2. The van der Waals surface area contributed by atoms with Crippen molar-refractivity contribution in [1.82, 2.24) is 0 Å². The maximum absolute atomic E-state index is 11.3. The highest BCUT2D eigenvalue weighted by molar-refractivity contribution is 7.26. The van der Waals surface area contributed by atoms with Crippen LogP contribution in [0.25, 0.3) is 31.3 Å². The second-order valence-corrected chi connectivity index (χ2v) is 7.02. The maximum Gasteiger partial charge on any atom is 0.160 e. The van der Waals surface area contributed by atoms with Gasteiger partial charge in [-0.2, -0.15) is 0 Å². The zero-order valence-electron chi connectivity index (χ0n) is 11.4. The van der Waals surface area contributed by atoms with E-state index in [1.54, 1.807) is 0 Å². The highest BCUT2D eigenvalue weighted by Gasteiger charge is 2.17. The molecule has 4 heteroatoms. The second kappa shape index (κ2) is 5.16. The minimum absolute atomic E-state index is 0.732. The Balaban J connectivity index is 2.12. The molecule has 2 aromatic heterocycles. The van der Waals surface area contributed by atoms with Crippen LogP contribution in [-0.2, 0) is 0 Å². The molecule has 0 spiro atoms. The molecule has 0 bridgehead atoms. The minimum atomic E-state index is 0.732. The molecule has 4 rings (SSSR count). The Labute approximate surface area is 134 Å². The first-order valence-corrected chi connectivity index (χ1v) is 8.40. The fourth-order valence-electron chi connectivity index (χ4n) is 2.74. The Morgan fingerprint density at radius 3 is 1.32 bits per heavy atom. The van der Waals surface area contributed by atoms with Gasteiger partial charge in [0.15, 0.2) is 12.6 Å². The predicted molar refractivity (Wildman–Crippen MR) is 93.4 cm³/mol. The van der Waals surface area contributed by atoms with Crippen molar-refractivity contribution in [2.45, 2.75) is 0 Å². The van der Waals surface area contributed by atoms with Crippen LogP contribution in [-0.4, -0.2) is 12.6 Å². The number of thiophene rings is 2. The van der Waals surface area contributed by atoms with Crippen LogP contribution < -0.4 is 0 Å². The third kappa shape index (κ3) is 1.85. The fraction of sp³-hybridized carbons (Fsp3) is 0. The van der Waals surface area contributed by atoms with Crippen molar-refractivity contribution in [3.8, 4) is 9.75 Å². The van der Waals surface area contributed by atoms with Gasteiger partial charge in [-0.15, -0.1) is 22.7 Å². The van der Waals surface area contributed by atoms with Gasteiger partial charge in [0.1, 0.15) is 0 Å². The molecule has 2 aromatic carbocycles. The van der Waals surface area contributed by atoms with Crippen molar-refractivity contribution in [3.05, 3.63) is 58.3 Å². The molecule has 0 fully saturated rings. The second-order valence-electron chi connectivity index (χ2n) is 4.92. The normalized spacial score (nSPS) is 11.1. The van der Waals surface area contributed by atoms with Gasteiger partial charge in [0, 0.05) is 21.5 Å². The Bertz CT molecular complexity index is 940. The summed E-state index contributed by atoms with van der Waals surface area (Å²) < 4.78 is 0. The van der Waals surface area contributed by atoms with Gasteiger partial charge < -0.3 is 0 Å². The number of rotatable bonds is 3. The van der Waals surface area contributed by atoms with Gasteiger partial charge in [0.25, 0.3) is 0 Å².